The molecule has 1 saturated heterocycles. The number of esters is 4. The second kappa shape index (κ2) is 10.7. The van der Waals surface area contributed by atoms with Crippen LogP contribution in [0.25, 0.3) is 0 Å². The van der Waals surface area contributed by atoms with Crippen LogP contribution in [0.2, 0.25) is 0 Å². The first-order valence-electron chi connectivity index (χ1n) is 11.0. The van der Waals surface area contributed by atoms with Gasteiger partial charge in [-0.05, 0) is 44.0 Å². The second-order valence-electron chi connectivity index (χ2n) is 8.45. The Hall–Kier alpha value is -3.72. The fourth-order valence-corrected chi connectivity index (χ4v) is 3.92. The predicted octanol–water partition coefficient (Wildman–Crippen LogP) is 3.30. The fourth-order valence-electron chi connectivity index (χ4n) is 3.92. The zero-order valence-electron chi connectivity index (χ0n) is 20.2. The summed E-state index contributed by atoms with van der Waals surface area (Å²) in [6, 6.07) is 13.7. The van der Waals surface area contributed by atoms with Gasteiger partial charge in [0, 0.05) is 13.8 Å². The van der Waals surface area contributed by atoms with Crippen LogP contribution in [0.3, 0.4) is 0 Å². The van der Waals surface area contributed by atoms with Crippen molar-refractivity contribution in [3.63, 3.8) is 0 Å². The van der Waals surface area contributed by atoms with E-state index < -0.39 is 48.0 Å². The van der Waals surface area contributed by atoms with Crippen molar-refractivity contribution in [1.29, 1.82) is 0 Å². The molecule has 9 nitrogen and oxygen atoms in total. The molecule has 0 aromatic heterocycles. The number of benzene rings is 2. The first-order valence-corrected chi connectivity index (χ1v) is 11.0. The number of rotatable bonds is 7. The lowest BCUT2D eigenvalue weighted by Gasteiger charge is -2.33. The highest BCUT2D eigenvalue weighted by atomic mass is 16.8. The maximum atomic E-state index is 13.0. The van der Waals surface area contributed by atoms with E-state index in [9.17, 15) is 19.2 Å². The van der Waals surface area contributed by atoms with E-state index in [4.69, 9.17) is 23.7 Å². The van der Waals surface area contributed by atoms with Crippen molar-refractivity contribution >= 4 is 23.9 Å². The molecule has 9 heteroatoms. The molecule has 0 N–H and O–H groups in total. The van der Waals surface area contributed by atoms with Gasteiger partial charge in [-0.1, -0.05) is 36.4 Å². The van der Waals surface area contributed by atoms with E-state index in [1.54, 1.807) is 62.4 Å². The molecule has 1 fully saturated rings. The minimum atomic E-state index is -1.70. The average molecular weight is 485 g/mol. The van der Waals surface area contributed by atoms with Gasteiger partial charge in [-0.3, -0.25) is 9.59 Å². The molecule has 4 atom stereocenters. The maximum Gasteiger partial charge on any atom is 0.338 e. The zero-order valence-corrected chi connectivity index (χ0v) is 20.2. The summed E-state index contributed by atoms with van der Waals surface area (Å²) in [4.78, 5) is 49.4. The van der Waals surface area contributed by atoms with Crippen LogP contribution in [0.1, 0.15) is 52.6 Å². The molecule has 2 aromatic rings. The molecule has 3 rings (SSSR count). The standard InChI is InChI=1S/C26H28O9/c1-15-10-6-8-12-19(15)23(29)31-14-21-22(34-24(30)20-13-9-7-11-16(20)2)26(5,35-18(4)28)25(33-21)32-17(3)27/h6-13,21-22,25H,14H2,1-5H3/t21-,22-,25+,26-/m1/s1. The van der Waals surface area contributed by atoms with Crippen molar-refractivity contribution in [1.82, 2.24) is 0 Å². The minimum Gasteiger partial charge on any atom is -0.459 e. The van der Waals surface area contributed by atoms with E-state index in [-0.39, 0.29) is 6.61 Å². The molecular formula is C26H28O9. The summed E-state index contributed by atoms with van der Waals surface area (Å²) >= 11 is 0. The Morgan fingerprint density at radius 1 is 0.829 bits per heavy atom. The summed E-state index contributed by atoms with van der Waals surface area (Å²) in [5.74, 6) is -2.72. The van der Waals surface area contributed by atoms with Crippen LogP contribution in [0.4, 0.5) is 0 Å². The highest BCUT2D eigenvalue weighted by Crippen LogP contribution is 2.38. The SMILES string of the molecule is CC(=O)O[C@H]1O[C@H](COC(=O)c2ccccc2C)[C@@H](OC(=O)c2ccccc2C)[C@@]1(C)OC(C)=O. The molecule has 0 bridgehead atoms. The topological polar surface area (TPSA) is 114 Å². The highest BCUT2D eigenvalue weighted by molar-refractivity contribution is 5.91. The van der Waals surface area contributed by atoms with Crippen molar-refractivity contribution in [3.8, 4) is 0 Å². The van der Waals surface area contributed by atoms with Gasteiger partial charge in [0.05, 0.1) is 11.1 Å². The lowest BCUT2D eigenvalue weighted by Crippen LogP contribution is -2.52. The van der Waals surface area contributed by atoms with Crippen molar-refractivity contribution in [2.45, 2.75) is 58.7 Å². The number of aryl methyl sites for hydroxylation is 2. The lowest BCUT2D eigenvalue weighted by atomic mass is 9.96. The molecule has 0 amide bonds. The van der Waals surface area contributed by atoms with Gasteiger partial charge < -0.3 is 23.7 Å². The Balaban J connectivity index is 1.91. The average Bonchev–Trinajstić information content (AvgIpc) is 3.02. The van der Waals surface area contributed by atoms with Crippen molar-refractivity contribution in [3.05, 3.63) is 70.8 Å². The number of hydrogen-bond acceptors (Lipinski definition) is 9. The number of carbonyl (C=O) groups excluding carboxylic acids is 4. The summed E-state index contributed by atoms with van der Waals surface area (Å²) in [5, 5.41) is 0. The van der Waals surface area contributed by atoms with Crippen molar-refractivity contribution in [2.24, 2.45) is 0 Å². The fraction of sp³-hybridized carbons (Fsp3) is 0.385. The zero-order chi connectivity index (χ0) is 25.8. The second-order valence-corrected chi connectivity index (χ2v) is 8.45. The summed E-state index contributed by atoms with van der Waals surface area (Å²) in [6.45, 7) is 6.92. The van der Waals surface area contributed by atoms with Crippen LogP contribution in [0.5, 0.6) is 0 Å². The highest BCUT2D eigenvalue weighted by Gasteiger charge is 2.61. The molecule has 1 heterocycles. The number of ether oxygens (including phenoxy) is 5. The molecule has 0 radical (unpaired) electrons. The third-order valence-electron chi connectivity index (χ3n) is 5.65. The molecule has 0 aliphatic carbocycles. The number of hydrogen-bond donors (Lipinski definition) is 0. The number of carbonyl (C=O) groups is 4. The van der Waals surface area contributed by atoms with Gasteiger partial charge in [0.1, 0.15) is 12.7 Å². The van der Waals surface area contributed by atoms with Crippen LogP contribution in [-0.2, 0) is 33.3 Å². The smallest absolute Gasteiger partial charge is 0.338 e. The van der Waals surface area contributed by atoms with Gasteiger partial charge in [0.2, 0.25) is 11.9 Å². The molecule has 0 saturated carbocycles. The molecule has 2 aromatic carbocycles. The van der Waals surface area contributed by atoms with E-state index in [2.05, 4.69) is 0 Å². The summed E-state index contributed by atoms with van der Waals surface area (Å²) in [6.07, 6.45) is -3.75. The van der Waals surface area contributed by atoms with Gasteiger partial charge in [-0.2, -0.15) is 0 Å². The van der Waals surface area contributed by atoms with Gasteiger partial charge in [-0.15, -0.1) is 0 Å². The van der Waals surface area contributed by atoms with Crippen LogP contribution in [0.15, 0.2) is 48.5 Å². The summed E-state index contributed by atoms with van der Waals surface area (Å²) in [5.41, 5.74) is 0.345. The monoisotopic (exact) mass is 484 g/mol. The Morgan fingerprint density at radius 3 is 1.89 bits per heavy atom. The van der Waals surface area contributed by atoms with E-state index in [0.717, 1.165) is 12.5 Å². The van der Waals surface area contributed by atoms with Crippen LogP contribution in [0, 0.1) is 13.8 Å². The minimum absolute atomic E-state index is 0.296. The first kappa shape index (κ1) is 25.9. The molecule has 0 unspecified atom stereocenters. The largest absolute Gasteiger partial charge is 0.459 e. The van der Waals surface area contributed by atoms with Crippen LogP contribution < -0.4 is 0 Å². The lowest BCUT2D eigenvalue weighted by molar-refractivity contribution is -0.218. The van der Waals surface area contributed by atoms with Gasteiger partial charge in [0.25, 0.3) is 0 Å². The van der Waals surface area contributed by atoms with E-state index in [0.29, 0.717) is 16.7 Å². The predicted molar refractivity (Wildman–Crippen MR) is 122 cm³/mol. The van der Waals surface area contributed by atoms with Crippen LogP contribution >= 0.6 is 0 Å². The molecule has 0 spiro atoms. The Morgan fingerprint density at radius 2 is 1.37 bits per heavy atom. The summed E-state index contributed by atoms with van der Waals surface area (Å²) in [7, 11) is 0. The van der Waals surface area contributed by atoms with Crippen molar-refractivity contribution in [2.75, 3.05) is 6.61 Å². The van der Waals surface area contributed by atoms with Gasteiger partial charge >= 0.3 is 23.9 Å². The van der Waals surface area contributed by atoms with Crippen LogP contribution in [-0.4, -0.2) is 54.6 Å². The first-order chi connectivity index (χ1) is 16.5. The molecular weight excluding hydrogens is 456 g/mol. The van der Waals surface area contributed by atoms with E-state index in [1.807, 2.05) is 0 Å². The Bertz CT molecular complexity index is 1130. The normalized spacial score (nSPS) is 23.3. The Labute approximate surface area is 203 Å². The molecule has 1 aliphatic rings. The van der Waals surface area contributed by atoms with Crippen molar-refractivity contribution < 1.29 is 42.9 Å². The Kier molecular flexibility index (Phi) is 7.91. The van der Waals surface area contributed by atoms with E-state index >= 15 is 0 Å². The third kappa shape index (κ3) is 5.86. The third-order valence-corrected chi connectivity index (χ3v) is 5.65. The van der Waals surface area contributed by atoms with E-state index in [1.165, 1.54) is 13.8 Å². The molecule has 186 valence electrons. The molecule has 35 heavy (non-hydrogen) atoms. The quantitative estimate of drug-likeness (QED) is 0.431. The van der Waals surface area contributed by atoms with Gasteiger partial charge in [-0.25, -0.2) is 9.59 Å². The van der Waals surface area contributed by atoms with Gasteiger partial charge in [0.15, 0.2) is 6.10 Å². The summed E-state index contributed by atoms with van der Waals surface area (Å²) < 4.78 is 27.7. The maximum absolute atomic E-state index is 13.0. The molecule has 1 aliphatic heterocycles.